The molecule has 0 amide bonds. The zero-order valence-corrected chi connectivity index (χ0v) is 17.2. The molecule has 13 heteroatoms. The zero-order valence-electron chi connectivity index (χ0n) is 14.9. The van der Waals surface area contributed by atoms with Gasteiger partial charge in [0.15, 0.2) is 10.8 Å². The van der Waals surface area contributed by atoms with E-state index in [2.05, 4.69) is 15.2 Å². The summed E-state index contributed by atoms with van der Waals surface area (Å²) in [6, 6.07) is 1.58. The highest BCUT2D eigenvalue weighted by atomic mass is 35.5. The van der Waals surface area contributed by atoms with Crippen LogP contribution in [0.2, 0.25) is 10.0 Å². The molecule has 0 aromatic carbocycles. The van der Waals surface area contributed by atoms with Gasteiger partial charge in [-0.3, -0.25) is 4.57 Å². The van der Waals surface area contributed by atoms with Gasteiger partial charge in [-0.1, -0.05) is 35.0 Å². The molecule has 1 fully saturated rings. The van der Waals surface area contributed by atoms with Gasteiger partial charge in [0.05, 0.1) is 29.0 Å². The Balaban J connectivity index is 1.58. The van der Waals surface area contributed by atoms with Gasteiger partial charge in [0.1, 0.15) is 6.54 Å². The number of aromatic nitrogens is 5. The minimum atomic E-state index is -4.40. The third-order valence-electron chi connectivity index (χ3n) is 4.20. The van der Waals surface area contributed by atoms with Gasteiger partial charge in [-0.2, -0.15) is 13.2 Å². The molecule has 0 N–H and O–H groups in total. The van der Waals surface area contributed by atoms with Crippen molar-refractivity contribution < 1.29 is 17.9 Å². The highest BCUT2D eigenvalue weighted by molar-refractivity contribution is 7.98. The van der Waals surface area contributed by atoms with Crippen molar-refractivity contribution >= 4 is 46.6 Å². The zero-order chi connectivity index (χ0) is 20.6. The highest BCUT2D eigenvalue weighted by Crippen LogP contribution is 2.30. The Morgan fingerprint density at radius 1 is 1.14 bits per heavy atom. The molecule has 0 aliphatic carbocycles. The van der Waals surface area contributed by atoms with Gasteiger partial charge in [0.25, 0.3) is 0 Å². The molecule has 0 unspecified atom stereocenters. The minimum Gasteiger partial charge on any atom is -0.378 e. The van der Waals surface area contributed by atoms with Crippen molar-refractivity contribution in [2.45, 2.75) is 23.6 Å². The van der Waals surface area contributed by atoms with E-state index in [1.807, 2.05) is 0 Å². The molecule has 4 heterocycles. The van der Waals surface area contributed by atoms with Crippen LogP contribution in [0.3, 0.4) is 0 Å². The van der Waals surface area contributed by atoms with Gasteiger partial charge in [-0.15, -0.1) is 10.2 Å². The number of halogens is 5. The molecule has 156 valence electrons. The lowest BCUT2D eigenvalue weighted by atomic mass is 10.4. The van der Waals surface area contributed by atoms with Gasteiger partial charge in [0, 0.05) is 31.2 Å². The molecule has 4 rings (SSSR count). The van der Waals surface area contributed by atoms with E-state index in [1.54, 1.807) is 27.8 Å². The maximum Gasteiger partial charge on any atom is 0.406 e. The lowest BCUT2D eigenvalue weighted by molar-refractivity contribution is -0.141. The molecule has 1 aliphatic rings. The third kappa shape index (κ3) is 4.73. The molecular formula is C16H15Cl2F3N6OS. The molecule has 0 bridgehead atoms. The summed E-state index contributed by atoms with van der Waals surface area (Å²) in [6.07, 6.45) is -1.01. The van der Waals surface area contributed by atoms with Crippen LogP contribution in [-0.4, -0.2) is 56.6 Å². The van der Waals surface area contributed by atoms with Crippen molar-refractivity contribution in [2.75, 3.05) is 31.2 Å². The van der Waals surface area contributed by atoms with Gasteiger partial charge in [0.2, 0.25) is 5.95 Å². The van der Waals surface area contributed by atoms with E-state index in [1.165, 1.54) is 0 Å². The number of anilines is 1. The number of imidazole rings is 1. The molecule has 7 nitrogen and oxygen atoms in total. The average molecular weight is 467 g/mol. The van der Waals surface area contributed by atoms with Crippen LogP contribution in [0, 0.1) is 0 Å². The van der Waals surface area contributed by atoms with Crippen LogP contribution in [0.25, 0.3) is 5.65 Å². The maximum atomic E-state index is 13.2. The van der Waals surface area contributed by atoms with E-state index in [4.69, 9.17) is 27.9 Å². The van der Waals surface area contributed by atoms with Gasteiger partial charge < -0.3 is 14.0 Å². The summed E-state index contributed by atoms with van der Waals surface area (Å²) in [7, 11) is 0. The lowest BCUT2D eigenvalue weighted by Crippen LogP contribution is -2.38. The molecule has 0 saturated carbocycles. The summed E-state index contributed by atoms with van der Waals surface area (Å²) in [6.45, 7) is 0.637. The lowest BCUT2D eigenvalue weighted by Gasteiger charge is -2.28. The first-order chi connectivity index (χ1) is 13.8. The van der Waals surface area contributed by atoms with Crippen molar-refractivity contribution in [1.29, 1.82) is 0 Å². The van der Waals surface area contributed by atoms with Gasteiger partial charge in [-0.25, -0.2) is 4.98 Å². The van der Waals surface area contributed by atoms with Crippen LogP contribution in [0.1, 0.15) is 5.69 Å². The normalized spacial score (nSPS) is 15.4. The van der Waals surface area contributed by atoms with E-state index in [0.29, 0.717) is 53.4 Å². The summed E-state index contributed by atoms with van der Waals surface area (Å²) in [5.41, 5.74) is 1.16. The van der Waals surface area contributed by atoms with Crippen LogP contribution in [0.5, 0.6) is 0 Å². The highest BCUT2D eigenvalue weighted by Gasteiger charge is 2.32. The molecule has 1 saturated heterocycles. The number of morpholine rings is 1. The largest absolute Gasteiger partial charge is 0.406 e. The first-order valence-corrected chi connectivity index (χ1v) is 10.3. The standard InChI is InChI=1S/C16H15Cl2F3N6OS/c17-10-5-12(18)13-22-11(7-26(13)6-10)8-29-15-24-23-14(25-1-3-28-4-2-25)27(15)9-16(19,20)21/h5-7H,1-4,8-9H2. The molecule has 29 heavy (non-hydrogen) atoms. The molecule has 3 aromatic rings. The number of fused-ring (bicyclic) bond motifs is 1. The Bertz CT molecular complexity index is 1020. The average Bonchev–Trinajstić information content (AvgIpc) is 3.23. The Hall–Kier alpha value is -1.69. The second-order valence-corrected chi connectivity index (χ2v) is 8.13. The van der Waals surface area contributed by atoms with Gasteiger partial charge >= 0.3 is 6.18 Å². The molecule has 0 radical (unpaired) electrons. The Morgan fingerprint density at radius 3 is 2.62 bits per heavy atom. The van der Waals surface area contributed by atoms with Crippen LogP contribution in [0.4, 0.5) is 19.1 Å². The van der Waals surface area contributed by atoms with E-state index < -0.39 is 12.7 Å². The van der Waals surface area contributed by atoms with Gasteiger partial charge in [-0.05, 0) is 6.07 Å². The fourth-order valence-electron chi connectivity index (χ4n) is 2.99. The number of nitrogens with zero attached hydrogens (tertiary/aromatic N) is 6. The third-order valence-corrected chi connectivity index (χ3v) is 5.69. The fourth-order valence-corrected chi connectivity index (χ4v) is 4.33. The molecule has 3 aromatic heterocycles. The van der Waals surface area contributed by atoms with Crippen LogP contribution in [0.15, 0.2) is 23.6 Å². The first-order valence-electron chi connectivity index (χ1n) is 8.58. The fraction of sp³-hybridized carbons (Fsp3) is 0.438. The number of alkyl halides is 3. The maximum absolute atomic E-state index is 13.2. The van der Waals surface area contributed by atoms with Crippen molar-refractivity contribution in [3.63, 3.8) is 0 Å². The number of thioether (sulfide) groups is 1. The molecule has 0 atom stereocenters. The van der Waals surface area contributed by atoms with Crippen LogP contribution < -0.4 is 4.90 Å². The summed E-state index contributed by atoms with van der Waals surface area (Å²) in [5.74, 6) is 0.493. The Labute approximate surface area is 177 Å². The van der Waals surface area contributed by atoms with E-state index >= 15 is 0 Å². The van der Waals surface area contributed by atoms with Crippen molar-refractivity contribution in [3.8, 4) is 0 Å². The molecule has 1 aliphatic heterocycles. The summed E-state index contributed by atoms with van der Waals surface area (Å²) >= 11 is 13.3. The van der Waals surface area contributed by atoms with Crippen LogP contribution >= 0.6 is 35.0 Å². The molecule has 0 spiro atoms. The molecular weight excluding hydrogens is 452 g/mol. The quantitative estimate of drug-likeness (QED) is 0.531. The van der Waals surface area contributed by atoms with Crippen LogP contribution in [-0.2, 0) is 17.0 Å². The minimum absolute atomic E-state index is 0.171. The number of pyridine rings is 1. The van der Waals surface area contributed by atoms with E-state index in [-0.39, 0.29) is 11.1 Å². The number of hydrogen-bond donors (Lipinski definition) is 0. The number of rotatable bonds is 5. The SMILES string of the molecule is FC(F)(F)Cn1c(SCc2cn3cc(Cl)cc(Cl)c3n2)nnc1N1CCOCC1. The van der Waals surface area contributed by atoms with E-state index in [0.717, 1.165) is 16.3 Å². The van der Waals surface area contributed by atoms with Crippen molar-refractivity contribution in [1.82, 2.24) is 24.1 Å². The Morgan fingerprint density at radius 2 is 1.90 bits per heavy atom. The summed E-state index contributed by atoms with van der Waals surface area (Å²) in [4.78, 5) is 6.16. The topological polar surface area (TPSA) is 60.5 Å². The second kappa shape index (κ2) is 8.21. The number of ether oxygens (including phenoxy) is 1. The number of hydrogen-bond acceptors (Lipinski definition) is 6. The predicted molar refractivity (Wildman–Crippen MR) is 104 cm³/mol. The first kappa shape index (κ1) is 20.6. The predicted octanol–water partition coefficient (Wildman–Crippen LogP) is 3.92. The van der Waals surface area contributed by atoms with Crippen molar-refractivity contribution in [3.05, 3.63) is 34.2 Å². The van der Waals surface area contributed by atoms with Crippen molar-refractivity contribution in [2.24, 2.45) is 0 Å². The second-order valence-electron chi connectivity index (χ2n) is 6.34. The monoisotopic (exact) mass is 466 g/mol. The smallest absolute Gasteiger partial charge is 0.378 e. The summed E-state index contributed by atoms with van der Waals surface area (Å²) < 4.78 is 47.5. The van der Waals surface area contributed by atoms with E-state index in [9.17, 15) is 13.2 Å². The Kier molecular flexibility index (Phi) is 5.83. The summed E-state index contributed by atoms with van der Waals surface area (Å²) in [5, 5.41) is 9.01.